The molecule has 6 heteroatoms. The summed E-state index contributed by atoms with van der Waals surface area (Å²) in [4.78, 5) is 22.4. The maximum atomic E-state index is 11.5. The average Bonchev–Trinajstić information content (AvgIpc) is 2.38. The highest BCUT2D eigenvalue weighted by atomic mass is 35.5. The summed E-state index contributed by atoms with van der Waals surface area (Å²) < 4.78 is 0. The van der Waals surface area contributed by atoms with Gasteiger partial charge in [0.05, 0.1) is 13.1 Å². The van der Waals surface area contributed by atoms with Crippen molar-refractivity contribution < 1.29 is 9.59 Å². The van der Waals surface area contributed by atoms with E-state index in [4.69, 9.17) is 5.73 Å². The molecular weight excluding hydrogens is 254 g/mol. The minimum Gasteiger partial charge on any atom is -0.354 e. The summed E-state index contributed by atoms with van der Waals surface area (Å²) in [5, 5.41) is 5.31. The highest BCUT2D eigenvalue weighted by Crippen LogP contribution is 2.28. The van der Waals surface area contributed by atoms with Crippen molar-refractivity contribution in [2.24, 2.45) is 11.1 Å². The molecule has 0 radical (unpaired) electrons. The number of amides is 2. The maximum absolute atomic E-state index is 11.5. The summed E-state index contributed by atoms with van der Waals surface area (Å²) in [7, 11) is 0. The fraction of sp³-hybridized carbons (Fsp3) is 0.833. The van der Waals surface area contributed by atoms with Crippen LogP contribution < -0.4 is 16.4 Å². The third-order valence-electron chi connectivity index (χ3n) is 3.54. The SMILES string of the molecule is CCC(CC)(CC)CNC(=O)CNC(=O)CN.Cl. The predicted octanol–water partition coefficient (Wildman–Crippen LogP) is 0.816. The lowest BCUT2D eigenvalue weighted by Gasteiger charge is -2.30. The van der Waals surface area contributed by atoms with Crippen LogP contribution in [0.15, 0.2) is 0 Å². The molecule has 0 aromatic rings. The molecule has 0 fully saturated rings. The molecule has 0 spiro atoms. The van der Waals surface area contributed by atoms with E-state index in [0.717, 1.165) is 19.3 Å². The van der Waals surface area contributed by atoms with Crippen molar-refractivity contribution in [1.82, 2.24) is 10.6 Å². The zero-order valence-corrected chi connectivity index (χ0v) is 12.4. The molecule has 18 heavy (non-hydrogen) atoms. The van der Waals surface area contributed by atoms with Crippen LogP contribution in [0.25, 0.3) is 0 Å². The van der Waals surface area contributed by atoms with Crippen LogP contribution in [0.4, 0.5) is 0 Å². The molecule has 0 saturated carbocycles. The number of hydrogen-bond acceptors (Lipinski definition) is 3. The Hall–Kier alpha value is -0.810. The highest BCUT2D eigenvalue weighted by Gasteiger charge is 2.24. The molecule has 0 saturated heterocycles. The minimum atomic E-state index is -0.312. The van der Waals surface area contributed by atoms with Gasteiger partial charge in [-0.2, -0.15) is 0 Å². The second-order valence-electron chi connectivity index (χ2n) is 4.32. The van der Waals surface area contributed by atoms with E-state index in [1.54, 1.807) is 0 Å². The van der Waals surface area contributed by atoms with Crippen LogP contribution in [-0.2, 0) is 9.59 Å². The zero-order valence-electron chi connectivity index (χ0n) is 11.5. The van der Waals surface area contributed by atoms with Crippen LogP contribution in [-0.4, -0.2) is 31.4 Å². The molecule has 108 valence electrons. The van der Waals surface area contributed by atoms with Gasteiger partial charge in [-0.05, 0) is 24.7 Å². The third kappa shape index (κ3) is 6.81. The number of carbonyl (C=O) groups is 2. The minimum absolute atomic E-state index is 0. The van der Waals surface area contributed by atoms with Gasteiger partial charge in [0.2, 0.25) is 11.8 Å². The lowest BCUT2D eigenvalue weighted by molar-refractivity contribution is -0.125. The highest BCUT2D eigenvalue weighted by molar-refractivity contribution is 5.85. The first-order valence-electron chi connectivity index (χ1n) is 6.27. The van der Waals surface area contributed by atoms with Gasteiger partial charge in [0.25, 0.3) is 0 Å². The summed E-state index contributed by atoms with van der Waals surface area (Å²) in [5.41, 5.74) is 5.30. The van der Waals surface area contributed by atoms with Crippen molar-refractivity contribution in [3.8, 4) is 0 Å². The first-order valence-corrected chi connectivity index (χ1v) is 6.27. The van der Waals surface area contributed by atoms with Gasteiger partial charge in [0.15, 0.2) is 0 Å². The number of rotatable bonds is 8. The van der Waals surface area contributed by atoms with Crippen LogP contribution in [0.3, 0.4) is 0 Å². The third-order valence-corrected chi connectivity index (χ3v) is 3.54. The van der Waals surface area contributed by atoms with Crippen molar-refractivity contribution >= 4 is 24.2 Å². The van der Waals surface area contributed by atoms with Crippen molar-refractivity contribution in [3.63, 3.8) is 0 Å². The Kier molecular flexibility index (Phi) is 11.0. The summed E-state index contributed by atoms with van der Waals surface area (Å²) >= 11 is 0. The quantitative estimate of drug-likeness (QED) is 0.615. The van der Waals surface area contributed by atoms with Crippen molar-refractivity contribution in [3.05, 3.63) is 0 Å². The van der Waals surface area contributed by atoms with E-state index in [1.807, 2.05) is 0 Å². The van der Waals surface area contributed by atoms with Crippen molar-refractivity contribution in [1.29, 1.82) is 0 Å². The normalized spacial score (nSPS) is 10.4. The molecule has 2 amide bonds. The molecule has 0 heterocycles. The van der Waals surface area contributed by atoms with Gasteiger partial charge >= 0.3 is 0 Å². The van der Waals surface area contributed by atoms with E-state index in [9.17, 15) is 9.59 Å². The Morgan fingerprint density at radius 3 is 1.89 bits per heavy atom. The molecule has 0 aliphatic rings. The van der Waals surface area contributed by atoms with E-state index < -0.39 is 0 Å². The Labute approximate surface area is 116 Å². The van der Waals surface area contributed by atoms with E-state index in [-0.39, 0.29) is 42.7 Å². The lowest BCUT2D eigenvalue weighted by Crippen LogP contribution is -2.43. The fourth-order valence-corrected chi connectivity index (χ4v) is 1.72. The molecule has 4 N–H and O–H groups in total. The Morgan fingerprint density at radius 1 is 1.00 bits per heavy atom. The van der Waals surface area contributed by atoms with Gasteiger partial charge in [-0.3, -0.25) is 9.59 Å². The van der Waals surface area contributed by atoms with Gasteiger partial charge in [0, 0.05) is 6.54 Å². The van der Waals surface area contributed by atoms with Crippen LogP contribution in [0, 0.1) is 5.41 Å². The van der Waals surface area contributed by atoms with E-state index in [2.05, 4.69) is 31.4 Å². The first-order chi connectivity index (χ1) is 8.03. The number of nitrogens with two attached hydrogens (primary N) is 1. The van der Waals surface area contributed by atoms with Gasteiger partial charge in [0.1, 0.15) is 0 Å². The zero-order chi connectivity index (χ0) is 13.3. The Morgan fingerprint density at radius 2 is 1.50 bits per heavy atom. The van der Waals surface area contributed by atoms with Gasteiger partial charge in [-0.15, -0.1) is 12.4 Å². The number of carbonyl (C=O) groups excluding carboxylic acids is 2. The van der Waals surface area contributed by atoms with E-state index in [1.165, 1.54) is 0 Å². The second kappa shape index (κ2) is 10.1. The lowest BCUT2D eigenvalue weighted by atomic mass is 9.80. The Balaban J connectivity index is 0. The molecule has 0 atom stereocenters. The number of halogens is 1. The van der Waals surface area contributed by atoms with E-state index in [0.29, 0.717) is 6.54 Å². The first kappa shape index (κ1) is 19.5. The van der Waals surface area contributed by atoms with Crippen LogP contribution >= 0.6 is 12.4 Å². The second-order valence-corrected chi connectivity index (χ2v) is 4.32. The van der Waals surface area contributed by atoms with Crippen molar-refractivity contribution in [2.45, 2.75) is 40.0 Å². The van der Waals surface area contributed by atoms with Gasteiger partial charge in [-0.1, -0.05) is 20.8 Å². The van der Waals surface area contributed by atoms with Gasteiger partial charge < -0.3 is 16.4 Å². The van der Waals surface area contributed by atoms with Crippen LogP contribution in [0.5, 0.6) is 0 Å². The van der Waals surface area contributed by atoms with Crippen molar-refractivity contribution in [2.75, 3.05) is 19.6 Å². The average molecular weight is 280 g/mol. The smallest absolute Gasteiger partial charge is 0.239 e. The summed E-state index contributed by atoms with van der Waals surface area (Å²) in [5.74, 6) is -0.473. The summed E-state index contributed by atoms with van der Waals surface area (Å²) in [6.45, 7) is 6.98. The molecular formula is C12H26ClN3O2. The number of nitrogens with one attached hydrogen (secondary N) is 2. The molecule has 0 rings (SSSR count). The molecule has 5 nitrogen and oxygen atoms in total. The van der Waals surface area contributed by atoms with Gasteiger partial charge in [-0.25, -0.2) is 0 Å². The molecule has 0 aliphatic carbocycles. The largest absolute Gasteiger partial charge is 0.354 e. The number of hydrogen-bond donors (Lipinski definition) is 3. The maximum Gasteiger partial charge on any atom is 0.239 e. The Bertz CT molecular complexity index is 247. The summed E-state index contributed by atoms with van der Waals surface area (Å²) in [6, 6.07) is 0. The van der Waals surface area contributed by atoms with E-state index >= 15 is 0 Å². The molecule has 0 aromatic heterocycles. The predicted molar refractivity (Wildman–Crippen MR) is 75.6 cm³/mol. The molecule has 0 aliphatic heterocycles. The molecule has 0 aromatic carbocycles. The summed E-state index contributed by atoms with van der Waals surface area (Å²) in [6.07, 6.45) is 3.11. The van der Waals surface area contributed by atoms with Crippen LogP contribution in [0.1, 0.15) is 40.0 Å². The topological polar surface area (TPSA) is 84.2 Å². The van der Waals surface area contributed by atoms with Crippen LogP contribution in [0.2, 0.25) is 0 Å². The molecule has 0 unspecified atom stereocenters. The molecule has 0 bridgehead atoms. The standard InChI is InChI=1S/C12H25N3O2.ClH/c1-4-12(5-2,6-3)9-15-11(17)8-14-10(16)7-13;/h4-9,13H2,1-3H3,(H,14,16)(H,15,17);1H. The fourth-order valence-electron chi connectivity index (χ4n) is 1.72. The monoisotopic (exact) mass is 279 g/mol.